The number of hydrogen-bond acceptors (Lipinski definition) is 3. The Morgan fingerprint density at radius 1 is 1.25 bits per heavy atom. The Bertz CT molecular complexity index is 558. The van der Waals surface area contributed by atoms with Crippen LogP contribution < -0.4 is 10.1 Å². The number of halogens is 1. The summed E-state index contributed by atoms with van der Waals surface area (Å²) in [5, 5.41) is 2.88. The first-order valence-corrected chi connectivity index (χ1v) is 7.30. The van der Waals surface area contributed by atoms with Crippen LogP contribution in [0.25, 0.3) is 0 Å². The summed E-state index contributed by atoms with van der Waals surface area (Å²) in [7, 11) is 0. The van der Waals surface area contributed by atoms with Gasteiger partial charge in [-0.25, -0.2) is 0 Å². The Labute approximate surface area is 131 Å². The van der Waals surface area contributed by atoms with Gasteiger partial charge in [-0.05, 0) is 71.5 Å². The molecule has 0 radical (unpaired) electrons. The van der Waals surface area contributed by atoms with Crippen LogP contribution in [0.15, 0.2) is 48.8 Å². The molecule has 0 aliphatic carbocycles. The van der Waals surface area contributed by atoms with Gasteiger partial charge in [0.05, 0.1) is 6.04 Å². The molecule has 1 heterocycles. The molecule has 20 heavy (non-hydrogen) atoms. The minimum atomic E-state index is -0.145. The molecule has 1 N–H and O–H groups in total. The highest BCUT2D eigenvalue weighted by atomic mass is 127. The molecule has 4 nitrogen and oxygen atoms in total. The number of carbonyl (C=O) groups is 1. The van der Waals surface area contributed by atoms with Gasteiger partial charge in [0.25, 0.3) is 5.91 Å². The van der Waals surface area contributed by atoms with E-state index in [0.29, 0.717) is 5.75 Å². The maximum absolute atomic E-state index is 11.8. The van der Waals surface area contributed by atoms with Crippen molar-refractivity contribution in [2.45, 2.75) is 13.0 Å². The molecule has 1 aromatic heterocycles. The van der Waals surface area contributed by atoms with Crippen LogP contribution in [0.3, 0.4) is 0 Å². The molecule has 0 bridgehead atoms. The van der Waals surface area contributed by atoms with Crippen molar-refractivity contribution in [3.63, 3.8) is 0 Å². The quantitative estimate of drug-likeness (QED) is 0.810. The van der Waals surface area contributed by atoms with Gasteiger partial charge in [-0.2, -0.15) is 0 Å². The van der Waals surface area contributed by atoms with Crippen molar-refractivity contribution in [2.75, 3.05) is 6.61 Å². The first kappa shape index (κ1) is 14.8. The summed E-state index contributed by atoms with van der Waals surface area (Å²) < 4.78 is 6.56. The number of amides is 1. The molecule has 1 aromatic carbocycles. The van der Waals surface area contributed by atoms with Crippen LogP contribution in [0.1, 0.15) is 18.5 Å². The van der Waals surface area contributed by atoms with Gasteiger partial charge in [-0.3, -0.25) is 9.78 Å². The molecule has 0 saturated heterocycles. The number of nitrogens with one attached hydrogen (secondary N) is 1. The predicted octanol–water partition coefficient (Wildman–Crippen LogP) is 2.94. The number of hydrogen-bond donors (Lipinski definition) is 1. The highest BCUT2D eigenvalue weighted by Crippen LogP contribution is 2.14. The van der Waals surface area contributed by atoms with Crippen molar-refractivity contribution < 1.29 is 9.53 Å². The van der Waals surface area contributed by atoms with Crippen LogP contribution in [0.5, 0.6) is 5.75 Å². The van der Waals surface area contributed by atoms with Gasteiger partial charge in [0.2, 0.25) is 0 Å². The van der Waals surface area contributed by atoms with Gasteiger partial charge in [0, 0.05) is 16.0 Å². The third-order valence-corrected chi connectivity index (χ3v) is 3.49. The van der Waals surface area contributed by atoms with Gasteiger partial charge >= 0.3 is 0 Å². The number of benzene rings is 1. The largest absolute Gasteiger partial charge is 0.484 e. The second-order valence-corrected chi connectivity index (χ2v) is 5.56. The van der Waals surface area contributed by atoms with Crippen LogP contribution in [0.4, 0.5) is 0 Å². The van der Waals surface area contributed by atoms with Crippen LogP contribution in [-0.4, -0.2) is 17.5 Å². The first-order chi connectivity index (χ1) is 9.65. The lowest BCUT2D eigenvalue weighted by Gasteiger charge is -2.14. The van der Waals surface area contributed by atoms with Crippen molar-refractivity contribution >= 4 is 28.5 Å². The Balaban J connectivity index is 1.82. The van der Waals surface area contributed by atoms with E-state index in [1.807, 2.05) is 43.3 Å². The van der Waals surface area contributed by atoms with E-state index in [4.69, 9.17) is 4.74 Å². The van der Waals surface area contributed by atoms with Crippen LogP contribution in [0, 0.1) is 3.57 Å². The standard InChI is InChI=1S/C15H15IN2O2/c1-11(12-6-8-17-9-7-12)18-15(19)10-20-14-4-2-13(16)3-5-14/h2-9,11H,10H2,1H3,(H,18,19). The van der Waals surface area contributed by atoms with Crippen LogP contribution in [-0.2, 0) is 4.79 Å². The predicted molar refractivity (Wildman–Crippen MR) is 85.4 cm³/mol. The average molecular weight is 382 g/mol. The van der Waals surface area contributed by atoms with E-state index in [2.05, 4.69) is 32.9 Å². The molecule has 0 saturated carbocycles. The number of ether oxygens (including phenoxy) is 1. The summed E-state index contributed by atoms with van der Waals surface area (Å²) in [6.07, 6.45) is 3.42. The fraction of sp³-hybridized carbons (Fsp3) is 0.200. The minimum Gasteiger partial charge on any atom is -0.484 e. The topological polar surface area (TPSA) is 51.2 Å². The molecule has 0 aliphatic heterocycles. The maximum atomic E-state index is 11.8. The average Bonchev–Trinajstić information content (AvgIpc) is 2.47. The highest BCUT2D eigenvalue weighted by molar-refractivity contribution is 14.1. The van der Waals surface area contributed by atoms with E-state index in [1.165, 1.54) is 0 Å². The number of carbonyl (C=O) groups excluding carboxylic acids is 1. The van der Waals surface area contributed by atoms with Gasteiger partial charge in [0.1, 0.15) is 5.75 Å². The lowest BCUT2D eigenvalue weighted by molar-refractivity contribution is -0.123. The lowest BCUT2D eigenvalue weighted by atomic mass is 10.1. The number of nitrogens with zero attached hydrogens (tertiary/aromatic N) is 1. The van der Waals surface area contributed by atoms with Crippen LogP contribution >= 0.6 is 22.6 Å². The van der Waals surface area contributed by atoms with E-state index in [0.717, 1.165) is 9.13 Å². The van der Waals surface area contributed by atoms with Crippen molar-refractivity contribution in [1.29, 1.82) is 0 Å². The molecular weight excluding hydrogens is 367 g/mol. The van der Waals surface area contributed by atoms with Gasteiger partial charge in [-0.1, -0.05) is 0 Å². The monoisotopic (exact) mass is 382 g/mol. The summed E-state index contributed by atoms with van der Waals surface area (Å²) >= 11 is 2.22. The van der Waals surface area contributed by atoms with Gasteiger partial charge in [0.15, 0.2) is 6.61 Å². The zero-order valence-corrected chi connectivity index (χ0v) is 13.2. The van der Waals surface area contributed by atoms with E-state index >= 15 is 0 Å². The van der Waals surface area contributed by atoms with Crippen molar-refractivity contribution in [3.05, 3.63) is 57.9 Å². The second-order valence-electron chi connectivity index (χ2n) is 4.31. The summed E-state index contributed by atoms with van der Waals surface area (Å²) in [5.41, 5.74) is 1.02. The Kier molecular flexibility index (Phi) is 5.34. The SMILES string of the molecule is CC(NC(=O)COc1ccc(I)cc1)c1ccncc1. The molecule has 104 valence electrons. The molecular formula is C15H15IN2O2. The molecule has 1 amide bonds. The molecule has 2 rings (SSSR count). The molecule has 2 aromatic rings. The summed E-state index contributed by atoms with van der Waals surface area (Å²) in [6.45, 7) is 1.94. The zero-order valence-electron chi connectivity index (χ0n) is 11.0. The first-order valence-electron chi connectivity index (χ1n) is 6.23. The lowest BCUT2D eigenvalue weighted by Crippen LogP contribution is -2.31. The van der Waals surface area contributed by atoms with Gasteiger partial charge < -0.3 is 10.1 Å². The van der Waals surface area contributed by atoms with Crippen molar-refractivity contribution in [2.24, 2.45) is 0 Å². The summed E-state index contributed by atoms with van der Waals surface area (Å²) in [5.74, 6) is 0.546. The smallest absolute Gasteiger partial charge is 0.258 e. The normalized spacial score (nSPS) is 11.7. The fourth-order valence-corrected chi connectivity index (χ4v) is 2.06. The summed E-state index contributed by atoms with van der Waals surface area (Å²) in [6, 6.07) is 11.3. The zero-order chi connectivity index (χ0) is 14.4. The molecule has 0 spiro atoms. The fourth-order valence-electron chi connectivity index (χ4n) is 1.70. The Hall–Kier alpha value is -1.63. The molecule has 0 aliphatic rings. The number of rotatable bonds is 5. The third kappa shape index (κ3) is 4.48. The van der Waals surface area contributed by atoms with Crippen molar-refractivity contribution in [3.8, 4) is 5.75 Å². The van der Waals surface area contributed by atoms with Gasteiger partial charge in [-0.15, -0.1) is 0 Å². The molecule has 0 fully saturated rings. The molecule has 1 unspecified atom stereocenters. The van der Waals surface area contributed by atoms with E-state index < -0.39 is 0 Å². The third-order valence-electron chi connectivity index (χ3n) is 2.77. The Morgan fingerprint density at radius 2 is 1.90 bits per heavy atom. The minimum absolute atomic E-state index is 0.00994. The Morgan fingerprint density at radius 3 is 2.55 bits per heavy atom. The van der Waals surface area contributed by atoms with Crippen LogP contribution in [0.2, 0.25) is 0 Å². The maximum Gasteiger partial charge on any atom is 0.258 e. The molecule has 5 heteroatoms. The highest BCUT2D eigenvalue weighted by Gasteiger charge is 2.09. The second kappa shape index (κ2) is 7.23. The number of pyridine rings is 1. The van der Waals surface area contributed by atoms with Crippen molar-refractivity contribution in [1.82, 2.24) is 10.3 Å². The molecule has 1 atom stereocenters. The van der Waals surface area contributed by atoms with E-state index in [-0.39, 0.29) is 18.6 Å². The van der Waals surface area contributed by atoms with E-state index in [1.54, 1.807) is 12.4 Å². The number of aromatic nitrogens is 1. The van der Waals surface area contributed by atoms with E-state index in [9.17, 15) is 4.79 Å². The summed E-state index contributed by atoms with van der Waals surface area (Å²) in [4.78, 5) is 15.8.